The third kappa shape index (κ3) is 4.22. The lowest BCUT2D eigenvalue weighted by atomic mass is 9.75. The summed E-state index contributed by atoms with van der Waals surface area (Å²) in [5.41, 5.74) is 1.99. The fourth-order valence-electron chi connectivity index (χ4n) is 4.61. The van der Waals surface area contributed by atoms with Crippen LogP contribution in [0.1, 0.15) is 91.7 Å². The van der Waals surface area contributed by atoms with Crippen LogP contribution in [-0.2, 0) is 4.74 Å². The van der Waals surface area contributed by atoms with Gasteiger partial charge in [0.05, 0.1) is 12.7 Å². The molecule has 2 aromatic carbocycles. The lowest BCUT2D eigenvalue weighted by Gasteiger charge is -2.30. The molecule has 1 aliphatic carbocycles. The average molecular weight is 404 g/mol. The van der Waals surface area contributed by atoms with Gasteiger partial charge in [-0.15, -0.1) is 0 Å². The van der Waals surface area contributed by atoms with Gasteiger partial charge in [0.2, 0.25) is 0 Å². The Morgan fingerprint density at radius 3 is 2.17 bits per heavy atom. The van der Waals surface area contributed by atoms with Crippen molar-refractivity contribution in [3.05, 3.63) is 70.0 Å². The van der Waals surface area contributed by atoms with Gasteiger partial charge < -0.3 is 9.84 Å². The van der Waals surface area contributed by atoms with Crippen molar-refractivity contribution in [3.63, 3.8) is 0 Å². The number of benzene rings is 2. The molecule has 2 atom stereocenters. The highest BCUT2D eigenvalue weighted by atomic mass is 19.2. The van der Waals surface area contributed by atoms with Gasteiger partial charge >= 0.3 is 0 Å². The van der Waals surface area contributed by atoms with E-state index in [1.54, 1.807) is 12.1 Å². The van der Waals surface area contributed by atoms with Gasteiger partial charge in [0.25, 0.3) is 0 Å². The Morgan fingerprint density at radius 1 is 0.966 bits per heavy atom. The van der Waals surface area contributed by atoms with Gasteiger partial charge in [-0.25, -0.2) is 13.2 Å². The van der Waals surface area contributed by atoms with Gasteiger partial charge in [0.1, 0.15) is 11.9 Å². The molecule has 1 N–H and O–H groups in total. The predicted octanol–water partition coefficient (Wildman–Crippen LogP) is 6.45. The molecule has 1 heterocycles. The van der Waals surface area contributed by atoms with Crippen LogP contribution in [0.15, 0.2) is 30.3 Å². The molecular weight excluding hydrogens is 377 g/mol. The van der Waals surface area contributed by atoms with E-state index >= 15 is 0 Å². The highest BCUT2D eigenvalue weighted by Gasteiger charge is 2.30. The molecule has 2 fully saturated rings. The molecule has 0 bridgehead atoms. The van der Waals surface area contributed by atoms with Crippen LogP contribution in [0, 0.1) is 17.5 Å². The van der Waals surface area contributed by atoms with E-state index in [1.165, 1.54) is 6.07 Å². The van der Waals surface area contributed by atoms with Crippen LogP contribution in [0.5, 0.6) is 0 Å². The highest BCUT2D eigenvalue weighted by molar-refractivity contribution is 5.33. The fourth-order valence-corrected chi connectivity index (χ4v) is 4.61. The van der Waals surface area contributed by atoms with Gasteiger partial charge in [-0.2, -0.15) is 0 Å². The lowest BCUT2D eigenvalue weighted by Crippen LogP contribution is -2.15. The first-order chi connectivity index (χ1) is 14.0. The molecule has 5 heteroatoms. The third-order valence-electron chi connectivity index (χ3n) is 6.40. The minimum atomic E-state index is -0.980. The molecular formula is C24H27F3O2. The lowest BCUT2D eigenvalue weighted by molar-refractivity contribution is 0.160. The van der Waals surface area contributed by atoms with Crippen molar-refractivity contribution in [2.75, 3.05) is 6.61 Å². The molecule has 2 aliphatic rings. The van der Waals surface area contributed by atoms with E-state index in [9.17, 15) is 18.3 Å². The first-order valence-electron chi connectivity index (χ1n) is 10.6. The summed E-state index contributed by atoms with van der Waals surface area (Å²) in [5.74, 6) is -1.97. The number of hydrogen-bond acceptors (Lipinski definition) is 2. The summed E-state index contributed by atoms with van der Waals surface area (Å²) in [5, 5.41) is 10.0. The molecule has 2 aromatic rings. The van der Waals surface area contributed by atoms with Gasteiger partial charge in [0, 0.05) is 5.56 Å². The van der Waals surface area contributed by atoms with Crippen LogP contribution in [0.3, 0.4) is 0 Å². The minimum Gasteiger partial charge on any atom is -0.388 e. The van der Waals surface area contributed by atoms with Crippen LogP contribution in [-0.4, -0.2) is 11.7 Å². The van der Waals surface area contributed by atoms with Crippen molar-refractivity contribution in [1.29, 1.82) is 0 Å². The second-order valence-corrected chi connectivity index (χ2v) is 8.33. The summed E-state index contributed by atoms with van der Waals surface area (Å²) in [6, 6.07) is 8.47. The highest BCUT2D eigenvalue weighted by Crippen LogP contribution is 2.43. The zero-order chi connectivity index (χ0) is 20.5. The molecule has 29 heavy (non-hydrogen) atoms. The van der Waals surface area contributed by atoms with E-state index in [2.05, 4.69) is 0 Å². The molecule has 0 radical (unpaired) electrons. The van der Waals surface area contributed by atoms with Crippen molar-refractivity contribution in [1.82, 2.24) is 0 Å². The standard InChI is InChI=1S/C24H27F3O2/c1-2-3-21(28)19-11-10-18(23(26)24(19)27)15-6-4-14(5-7-15)17-9-8-16(12-20(17)25)22-13-29-22/h8-12,14-15,21-22,28H,2-7,13H2,1H3. The maximum atomic E-state index is 14.7. The Morgan fingerprint density at radius 2 is 1.59 bits per heavy atom. The van der Waals surface area contributed by atoms with E-state index in [0.717, 1.165) is 18.4 Å². The molecule has 1 saturated heterocycles. The molecule has 4 rings (SSSR count). The molecule has 1 aliphatic heterocycles. The second-order valence-electron chi connectivity index (χ2n) is 8.33. The zero-order valence-corrected chi connectivity index (χ0v) is 16.6. The van der Waals surface area contributed by atoms with Crippen molar-refractivity contribution < 1.29 is 23.0 Å². The van der Waals surface area contributed by atoms with Crippen LogP contribution in [0.25, 0.3) is 0 Å². The van der Waals surface area contributed by atoms with E-state index in [0.29, 0.717) is 43.4 Å². The topological polar surface area (TPSA) is 32.8 Å². The first kappa shape index (κ1) is 20.4. The summed E-state index contributed by atoms with van der Waals surface area (Å²) in [4.78, 5) is 0. The van der Waals surface area contributed by atoms with Crippen molar-refractivity contribution in [2.24, 2.45) is 0 Å². The maximum Gasteiger partial charge on any atom is 0.164 e. The summed E-state index contributed by atoms with van der Waals surface area (Å²) in [6.45, 7) is 2.54. The number of ether oxygens (including phenoxy) is 1. The average Bonchev–Trinajstić information content (AvgIpc) is 3.56. The number of aliphatic hydroxyl groups excluding tert-OH is 1. The minimum absolute atomic E-state index is 0.0311. The van der Waals surface area contributed by atoms with Gasteiger partial charge in [-0.05, 0) is 66.7 Å². The Bertz CT molecular complexity index is 871. The summed E-state index contributed by atoms with van der Waals surface area (Å²) < 4.78 is 49.0. The molecule has 0 spiro atoms. The number of hydrogen-bond donors (Lipinski definition) is 1. The van der Waals surface area contributed by atoms with Gasteiger partial charge in [-0.1, -0.05) is 37.6 Å². The smallest absolute Gasteiger partial charge is 0.164 e. The van der Waals surface area contributed by atoms with Gasteiger partial charge in [0.15, 0.2) is 11.6 Å². The third-order valence-corrected chi connectivity index (χ3v) is 6.40. The first-order valence-corrected chi connectivity index (χ1v) is 10.6. The van der Waals surface area contributed by atoms with E-state index < -0.39 is 17.7 Å². The molecule has 1 saturated carbocycles. The van der Waals surface area contributed by atoms with E-state index in [1.807, 2.05) is 19.1 Å². The number of halogens is 3. The fraction of sp³-hybridized carbons (Fsp3) is 0.500. The Labute approximate surface area is 169 Å². The largest absolute Gasteiger partial charge is 0.388 e. The zero-order valence-electron chi connectivity index (χ0n) is 16.6. The Kier molecular flexibility index (Phi) is 5.98. The quantitative estimate of drug-likeness (QED) is 0.561. The van der Waals surface area contributed by atoms with Crippen LogP contribution in [0.4, 0.5) is 13.2 Å². The maximum absolute atomic E-state index is 14.7. The van der Waals surface area contributed by atoms with Crippen molar-refractivity contribution in [2.45, 2.75) is 69.5 Å². The number of epoxide rings is 1. The molecule has 2 unspecified atom stereocenters. The van der Waals surface area contributed by atoms with Gasteiger partial charge in [-0.3, -0.25) is 0 Å². The number of aliphatic hydroxyl groups is 1. The normalized spacial score (nSPS) is 25.1. The van der Waals surface area contributed by atoms with E-state index in [4.69, 9.17) is 4.74 Å². The van der Waals surface area contributed by atoms with Crippen LogP contribution >= 0.6 is 0 Å². The Balaban J connectivity index is 1.45. The molecule has 0 aromatic heterocycles. The summed E-state index contributed by atoms with van der Waals surface area (Å²) >= 11 is 0. The predicted molar refractivity (Wildman–Crippen MR) is 105 cm³/mol. The summed E-state index contributed by atoms with van der Waals surface area (Å²) in [7, 11) is 0. The summed E-state index contributed by atoms with van der Waals surface area (Å²) in [6.07, 6.45) is 2.99. The van der Waals surface area contributed by atoms with Crippen molar-refractivity contribution in [3.8, 4) is 0 Å². The second kappa shape index (κ2) is 8.49. The van der Waals surface area contributed by atoms with Crippen LogP contribution in [0.2, 0.25) is 0 Å². The number of rotatable bonds is 6. The molecule has 156 valence electrons. The molecule has 2 nitrogen and oxygen atoms in total. The van der Waals surface area contributed by atoms with E-state index in [-0.39, 0.29) is 29.3 Å². The van der Waals surface area contributed by atoms with Crippen LogP contribution < -0.4 is 0 Å². The van der Waals surface area contributed by atoms with Crippen molar-refractivity contribution >= 4 is 0 Å². The Hall–Kier alpha value is -1.85. The monoisotopic (exact) mass is 404 g/mol. The SMILES string of the molecule is CCCC(O)c1ccc(C2CCC(c3ccc(C4CO4)cc3F)CC2)c(F)c1F. The molecule has 0 amide bonds.